The number of rotatable bonds is 1. The molecule has 2 nitrogen and oxygen atoms in total. The standard InChI is InChI=1S/C3H6N2/c1-2-3-5-4/h2-4H,1H3/p+1. The lowest BCUT2D eigenvalue weighted by molar-refractivity contribution is -0.212. The molecule has 0 amide bonds. The lowest BCUT2D eigenvalue weighted by Crippen LogP contribution is -2.21. The topological polar surface area (TPSA) is 38.0 Å². The molecule has 0 atom stereocenters. The van der Waals surface area contributed by atoms with E-state index in [0.29, 0.717) is 0 Å². The van der Waals surface area contributed by atoms with Crippen molar-refractivity contribution in [3.05, 3.63) is 12.3 Å². The normalized spacial score (nSPS) is 9.00. The van der Waals surface area contributed by atoms with Crippen LogP contribution in [0.1, 0.15) is 6.92 Å². The highest BCUT2D eigenvalue weighted by molar-refractivity contribution is 4.68. The number of allylic oxidation sites excluding steroid dienone is 1. The monoisotopic (exact) mass is 71.1 g/mol. The number of hydrogen-bond donors (Lipinski definition) is 1. The molecule has 0 saturated heterocycles. The number of hydrogen-bond acceptors (Lipinski definition) is 1. The molecule has 0 aromatic rings. The van der Waals surface area contributed by atoms with Gasteiger partial charge in [0.2, 0.25) is 0 Å². The van der Waals surface area contributed by atoms with Crippen molar-refractivity contribution >= 4 is 0 Å². The maximum atomic E-state index is 4.68. The van der Waals surface area contributed by atoms with Gasteiger partial charge in [0.25, 0.3) is 0 Å². The summed E-state index contributed by atoms with van der Waals surface area (Å²) in [5, 5.41) is 3.17. The molecule has 0 rings (SSSR count). The average molecular weight is 71.1 g/mol. The summed E-state index contributed by atoms with van der Waals surface area (Å²) in [5.74, 6) is 0. The van der Waals surface area contributed by atoms with Gasteiger partial charge in [-0.2, -0.15) is 5.53 Å². The summed E-state index contributed by atoms with van der Waals surface area (Å²) >= 11 is 0. The van der Waals surface area contributed by atoms with Crippen molar-refractivity contribution in [1.29, 1.82) is 0 Å². The lowest BCUT2D eigenvalue weighted by atomic mass is 10.7. The molecule has 0 saturated carbocycles. The second-order valence-corrected chi connectivity index (χ2v) is 0.631. The fraction of sp³-hybridized carbons (Fsp3) is 0.333. The minimum Gasteiger partial charge on any atom is -0.152 e. The fourth-order valence-corrected chi connectivity index (χ4v) is 0.0861. The molecule has 2 N–H and O–H groups in total. The molecule has 0 aromatic heterocycles. The van der Waals surface area contributed by atoms with Crippen LogP contribution in [-0.4, -0.2) is 0 Å². The Morgan fingerprint density at radius 3 is 2.40 bits per heavy atom. The van der Waals surface area contributed by atoms with Gasteiger partial charge in [-0.1, -0.05) is 6.08 Å². The molecule has 28 valence electrons. The van der Waals surface area contributed by atoms with E-state index in [0.717, 1.165) is 0 Å². The van der Waals surface area contributed by atoms with Crippen LogP contribution in [-0.2, 0) is 0 Å². The molecule has 0 fully saturated rings. The Kier molecular flexibility index (Phi) is 2.90. The van der Waals surface area contributed by atoms with Gasteiger partial charge < -0.3 is 0 Å². The third-order valence-corrected chi connectivity index (χ3v) is 0.235. The SMILES string of the molecule is CC=CN=[NH2+]. The van der Waals surface area contributed by atoms with Crippen molar-refractivity contribution in [2.24, 2.45) is 5.11 Å². The van der Waals surface area contributed by atoms with Crippen molar-refractivity contribution in [1.82, 2.24) is 0 Å². The molecular formula is C3H7N2+. The maximum Gasteiger partial charge on any atom is 0.0892 e. The van der Waals surface area contributed by atoms with Gasteiger partial charge in [0.05, 0.1) is 6.20 Å². The van der Waals surface area contributed by atoms with E-state index in [-0.39, 0.29) is 0 Å². The van der Waals surface area contributed by atoms with Crippen molar-refractivity contribution < 1.29 is 5.53 Å². The van der Waals surface area contributed by atoms with Crippen molar-refractivity contribution in [2.45, 2.75) is 6.92 Å². The zero-order valence-corrected chi connectivity index (χ0v) is 3.18. The van der Waals surface area contributed by atoms with Crippen LogP contribution in [0.25, 0.3) is 0 Å². The summed E-state index contributed by atoms with van der Waals surface area (Å²) in [4.78, 5) is 0. The first-order chi connectivity index (χ1) is 2.41. The molecule has 2 heteroatoms. The summed E-state index contributed by atoms with van der Waals surface area (Å²) in [6.07, 6.45) is 3.29. The van der Waals surface area contributed by atoms with Crippen molar-refractivity contribution in [3.8, 4) is 0 Å². The molecule has 0 unspecified atom stereocenters. The second kappa shape index (κ2) is 3.34. The minimum atomic E-state index is 1.53. The summed E-state index contributed by atoms with van der Waals surface area (Å²) in [5.41, 5.74) is 4.68. The Morgan fingerprint density at radius 1 is 1.80 bits per heavy atom. The quantitative estimate of drug-likeness (QED) is 0.413. The predicted octanol–water partition coefficient (Wildman–Crippen LogP) is -0.269. The first-order valence-corrected chi connectivity index (χ1v) is 1.43. The van der Waals surface area contributed by atoms with Crippen LogP contribution in [0.5, 0.6) is 0 Å². The fourth-order valence-electron chi connectivity index (χ4n) is 0.0861. The van der Waals surface area contributed by atoms with E-state index in [1.807, 2.05) is 6.92 Å². The third-order valence-electron chi connectivity index (χ3n) is 0.235. The van der Waals surface area contributed by atoms with Crippen LogP contribution in [0.3, 0.4) is 0 Å². The van der Waals surface area contributed by atoms with Crippen LogP contribution < -0.4 is 5.53 Å². The van der Waals surface area contributed by atoms with Crippen molar-refractivity contribution in [2.75, 3.05) is 0 Å². The minimum absolute atomic E-state index is 1.53. The first-order valence-electron chi connectivity index (χ1n) is 1.43. The largest absolute Gasteiger partial charge is 0.152 e. The van der Waals surface area contributed by atoms with E-state index in [2.05, 4.69) is 10.6 Å². The van der Waals surface area contributed by atoms with Crippen LogP contribution in [0.15, 0.2) is 17.4 Å². The van der Waals surface area contributed by atoms with Crippen molar-refractivity contribution in [3.63, 3.8) is 0 Å². The highest BCUT2D eigenvalue weighted by Crippen LogP contribution is 1.60. The van der Waals surface area contributed by atoms with Gasteiger partial charge in [-0.3, -0.25) is 0 Å². The highest BCUT2D eigenvalue weighted by Gasteiger charge is 1.49. The Hall–Kier alpha value is -0.660. The average Bonchev–Trinajstić information content (AvgIpc) is 1.41. The van der Waals surface area contributed by atoms with Gasteiger partial charge in [0.1, 0.15) is 0 Å². The Morgan fingerprint density at radius 2 is 2.40 bits per heavy atom. The van der Waals surface area contributed by atoms with Gasteiger partial charge in [0.15, 0.2) is 0 Å². The van der Waals surface area contributed by atoms with Crippen LogP contribution >= 0.6 is 0 Å². The number of nitrogens with zero attached hydrogens (tertiary/aromatic N) is 1. The van der Waals surface area contributed by atoms with E-state index in [9.17, 15) is 0 Å². The lowest BCUT2D eigenvalue weighted by Gasteiger charge is -1.49. The molecule has 0 aliphatic heterocycles. The molecule has 0 aromatic carbocycles. The van der Waals surface area contributed by atoms with Gasteiger partial charge in [-0.25, -0.2) is 0 Å². The predicted molar refractivity (Wildman–Crippen MR) is 19.2 cm³/mol. The van der Waals surface area contributed by atoms with E-state index in [1.54, 1.807) is 6.08 Å². The Balaban J connectivity index is 2.92. The van der Waals surface area contributed by atoms with Gasteiger partial charge in [0, 0.05) is 0 Å². The zero-order chi connectivity index (χ0) is 4.12. The van der Waals surface area contributed by atoms with Gasteiger partial charge >= 0.3 is 0 Å². The first kappa shape index (κ1) is 4.34. The second-order valence-electron chi connectivity index (χ2n) is 0.631. The molecule has 0 radical (unpaired) electrons. The summed E-state index contributed by atoms with van der Waals surface area (Å²) in [7, 11) is 0. The molecule has 0 aliphatic carbocycles. The highest BCUT2D eigenvalue weighted by atomic mass is 14.9. The smallest absolute Gasteiger partial charge is 0.0892 e. The summed E-state index contributed by atoms with van der Waals surface area (Å²) in [6.45, 7) is 1.86. The molecule has 0 spiro atoms. The van der Waals surface area contributed by atoms with E-state index in [4.69, 9.17) is 0 Å². The van der Waals surface area contributed by atoms with E-state index in [1.165, 1.54) is 6.20 Å². The van der Waals surface area contributed by atoms with E-state index >= 15 is 0 Å². The molecule has 0 aliphatic rings. The van der Waals surface area contributed by atoms with Crippen LogP contribution in [0, 0.1) is 0 Å². The number of nitrogens with two attached hydrogens (primary N) is 1. The Labute approximate surface area is 31.0 Å². The summed E-state index contributed by atoms with van der Waals surface area (Å²) in [6, 6.07) is 0. The molecule has 0 bridgehead atoms. The molecule has 0 heterocycles. The van der Waals surface area contributed by atoms with Gasteiger partial charge in [-0.15, -0.1) is 0 Å². The zero-order valence-electron chi connectivity index (χ0n) is 3.18. The third kappa shape index (κ3) is 3.34. The summed E-state index contributed by atoms with van der Waals surface area (Å²) < 4.78 is 0. The maximum absolute atomic E-state index is 4.68. The van der Waals surface area contributed by atoms with E-state index < -0.39 is 0 Å². The molecular weight excluding hydrogens is 64.0 g/mol. The van der Waals surface area contributed by atoms with Gasteiger partial charge in [-0.05, 0) is 12.0 Å². The Bertz CT molecular complexity index is 46.9. The van der Waals surface area contributed by atoms with Crippen LogP contribution in [0.4, 0.5) is 0 Å². The molecule has 5 heavy (non-hydrogen) atoms. The van der Waals surface area contributed by atoms with Crippen LogP contribution in [0.2, 0.25) is 0 Å².